The lowest BCUT2D eigenvalue weighted by molar-refractivity contribution is 0.0521. The largest absolute Gasteiger partial charge is 0.461 e. The van der Waals surface area contributed by atoms with Gasteiger partial charge in [-0.3, -0.25) is 0 Å². The lowest BCUT2D eigenvalue weighted by Crippen LogP contribution is -2.12. The first-order valence-corrected chi connectivity index (χ1v) is 7.85. The molecule has 1 aromatic heterocycles. The molecule has 0 bridgehead atoms. The van der Waals surface area contributed by atoms with Crippen LogP contribution in [0, 0.1) is 0 Å². The van der Waals surface area contributed by atoms with E-state index in [0.717, 1.165) is 0 Å². The highest BCUT2D eigenvalue weighted by molar-refractivity contribution is 5.96. The van der Waals surface area contributed by atoms with Crippen molar-refractivity contribution in [2.24, 2.45) is 0 Å². The molecule has 126 valence electrons. The normalized spacial score (nSPS) is 12.2. The second-order valence-electron chi connectivity index (χ2n) is 5.32. The molecule has 1 aliphatic heterocycles. The van der Waals surface area contributed by atoms with Gasteiger partial charge in [-0.2, -0.15) is 0 Å². The van der Waals surface area contributed by atoms with Crippen LogP contribution in [0.2, 0.25) is 0 Å². The summed E-state index contributed by atoms with van der Waals surface area (Å²) in [5.74, 6) is 1.12. The van der Waals surface area contributed by atoms with E-state index in [2.05, 4.69) is 15.3 Å². The number of benzene rings is 2. The van der Waals surface area contributed by atoms with E-state index in [1.165, 1.54) is 0 Å². The zero-order valence-corrected chi connectivity index (χ0v) is 13.5. The van der Waals surface area contributed by atoms with Crippen LogP contribution in [0.3, 0.4) is 0 Å². The monoisotopic (exact) mass is 337 g/mol. The van der Waals surface area contributed by atoms with Crippen molar-refractivity contribution < 1.29 is 19.0 Å². The van der Waals surface area contributed by atoms with Crippen LogP contribution < -0.4 is 14.8 Å². The number of fused-ring (bicyclic) bond motifs is 2. The Balaban J connectivity index is 1.76. The Morgan fingerprint density at radius 3 is 2.68 bits per heavy atom. The highest BCUT2D eigenvalue weighted by Gasteiger charge is 2.19. The van der Waals surface area contributed by atoms with Crippen molar-refractivity contribution in [3.05, 3.63) is 48.2 Å². The Labute approximate surface area is 143 Å². The van der Waals surface area contributed by atoms with Gasteiger partial charge in [-0.15, -0.1) is 0 Å². The Hall–Kier alpha value is -3.35. The third-order valence-corrected chi connectivity index (χ3v) is 3.67. The molecule has 4 rings (SSSR count). The fraction of sp³-hybridized carbons (Fsp3) is 0.167. The van der Waals surface area contributed by atoms with E-state index in [-0.39, 0.29) is 19.1 Å². The van der Waals surface area contributed by atoms with E-state index in [4.69, 9.17) is 14.2 Å². The fourth-order valence-corrected chi connectivity index (χ4v) is 2.54. The van der Waals surface area contributed by atoms with Gasteiger partial charge in [0.05, 0.1) is 17.6 Å². The predicted octanol–water partition coefficient (Wildman–Crippen LogP) is 3.28. The van der Waals surface area contributed by atoms with Crippen molar-refractivity contribution in [1.29, 1.82) is 0 Å². The number of aromatic nitrogens is 2. The molecule has 0 saturated heterocycles. The molecule has 0 aliphatic carbocycles. The average molecular weight is 337 g/mol. The molecule has 7 heteroatoms. The molecule has 0 radical (unpaired) electrons. The number of carbonyl (C=O) groups excluding carboxylic acids is 1. The van der Waals surface area contributed by atoms with Crippen LogP contribution in [0.5, 0.6) is 11.5 Å². The van der Waals surface area contributed by atoms with Crippen LogP contribution in [0.25, 0.3) is 11.0 Å². The molecule has 25 heavy (non-hydrogen) atoms. The molecule has 0 unspecified atom stereocenters. The third-order valence-electron chi connectivity index (χ3n) is 3.67. The summed E-state index contributed by atoms with van der Waals surface area (Å²) in [5.41, 5.74) is 2.15. The molecule has 0 atom stereocenters. The summed E-state index contributed by atoms with van der Waals surface area (Å²) in [7, 11) is 0. The van der Waals surface area contributed by atoms with E-state index in [1.54, 1.807) is 25.1 Å². The second kappa shape index (κ2) is 6.27. The van der Waals surface area contributed by atoms with Crippen molar-refractivity contribution in [3.8, 4) is 11.5 Å². The number of hydrogen-bond acceptors (Lipinski definition) is 7. The molecular weight excluding hydrogens is 322 g/mol. The minimum absolute atomic E-state index is 0.137. The van der Waals surface area contributed by atoms with Crippen LogP contribution in [0.15, 0.2) is 42.5 Å². The Bertz CT molecular complexity index is 958. The fourth-order valence-electron chi connectivity index (χ4n) is 2.54. The Morgan fingerprint density at radius 1 is 1.12 bits per heavy atom. The van der Waals surface area contributed by atoms with Gasteiger partial charge < -0.3 is 19.5 Å². The number of para-hydroxylation sites is 2. The summed E-state index contributed by atoms with van der Waals surface area (Å²) in [6, 6.07) is 12.7. The number of carbonyl (C=O) groups is 1. The van der Waals surface area contributed by atoms with Gasteiger partial charge in [0.15, 0.2) is 23.0 Å². The SMILES string of the molecule is CCOC(=O)c1nc2ccccc2nc1Nc1ccc2c(c1)OCO2. The summed E-state index contributed by atoms with van der Waals surface area (Å²) >= 11 is 0. The number of ether oxygens (including phenoxy) is 3. The number of hydrogen-bond donors (Lipinski definition) is 1. The molecule has 0 amide bonds. The zero-order chi connectivity index (χ0) is 17.2. The zero-order valence-electron chi connectivity index (χ0n) is 13.5. The first-order valence-electron chi connectivity index (χ1n) is 7.85. The van der Waals surface area contributed by atoms with Gasteiger partial charge in [-0.05, 0) is 31.2 Å². The van der Waals surface area contributed by atoms with Gasteiger partial charge >= 0.3 is 5.97 Å². The maximum Gasteiger partial charge on any atom is 0.360 e. The van der Waals surface area contributed by atoms with Crippen molar-refractivity contribution in [2.45, 2.75) is 6.92 Å². The molecule has 1 N–H and O–H groups in total. The lowest BCUT2D eigenvalue weighted by Gasteiger charge is -2.11. The molecule has 0 saturated carbocycles. The van der Waals surface area contributed by atoms with Crippen molar-refractivity contribution in [2.75, 3.05) is 18.7 Å². The Morgan fingerprint density at radius 2 is 1.88 bits per heavy atom. The Kier molecular flexibility index (Phi) is 3.81. The van der Waals surface area contributed by atoms with Gasteiger partial charge in [0.25, 0.3) is 0 Å². The average Bonchev–Trinajstić information content (AvgIpc) is 3.09. The van der Waals surface area contributed by atoms with Gasteiger partial charge in [0.2, 0.25) is 6.79 Å². The van der Waals surface area contributed by atoms with Crippen LogP contribution in [0.1, 0.15) is 17.4 Å². The molecule has 2 aromatic carbocycles. The van der Waals surface area contributed by atoms with Gasteiger partial charge in [0, 0.05) is 11.8 Å². The summed E-state index contributed by atoms with van der Waals surface area (Å²) < 4.78 is 15.8. The maximum absolute atomic E-state index is 12.3. The number of anilines is 2. The topological polar surface area (TPSA) is 82.6 Å². The predicted molar refractivity (Wildman–Crippen MR) is 91.3 cm³/mol. The molecule has 2 heterocycles. The quantitative estimate of drug-likeness (QED) is 0.732. The standard InChI is InChI=1S/C18H15N3O4/c1-2-23-18(22)16-17(21-13-6-4-3-5-12(13)20-16)19-11-7-8-14-15(9-11)25-10-24-14/h3-9H,2,10H2,1H3,(H,19,21). The smallest absolute Gasteiger partial charge is 0.360 e. The number of nitrogens with zero attached hydrogens (tertiary/aromatic N) is 2. The molecule has 0 spiro atoms. The van der Waals surface area contributed by atoms with E-state index in [9.17, 15) is 4.79 Å². The molecule has 0 fully saturated rings. The maximum atomic E-state index is 12.3. The minimum Gasteiger partial charge on any atom is -0.461 e. The van der Waals surface area contributed by atoms with Gasteiger partial charge in [0.1, 0.15) is 0 Å². The first kappa shape index (κ1) is 15.2. The number of esters is 1. The third kappa shape index (κ3) is 2.91. The highest BCUT2D eigenvalue weighted by atomic mass is 16.7. The number of nitrogens with one attached hydrogen (secondary N) is 1. The van der Waals surface area contributed by atoms with Crippen molar-refractivity contribution in [3.63, 3.8) is 0 Å². The van der Waals surface area contributed by atoms with Crippen molar-refractivity contribution >= 4 is 28.5 Å². The summed E-state index contributed by atoms with van der Waals surface area (Å²) in [4.78, 5) is 21.2. The van der Waals surface area contributed by atoms with E-state index in [1.807, 2.05) is 24.3 Å². The van der Waals surface area contributed by atoms with Crippen LogP contribution in [-0.2, 0) is 4.74 Å². The summed E-state index contributed by atoms with van der Waals surface area (Å²) in [6.45, 7) is 2.21. The van der Waals surface area contributed by atoms with Crippen molar-refractivity contribution in [1.82, 2.24) is 9.97 Å². The van der Waals surface area contributed by atoms with Gasteiger partial charge in [-0.1, -0.05) is 12.1 Å². The lowest BCUT2D eigenvalue weighted by atomic mass is 10.2. The summed E-state index contributed by atoms with van der Waals surface area (Å²) in [5, 5.41) is 3.12. The second-order valence-corrected chi connectivity index (χ2v) is 5.32. The van der Waals surface area contributed by atoms with Crippen LogP contribution in [-0.4, -0.2) is 29.3 Å². The van der Waals surface area contributed by atoms with E-state index >= 15 is 0 Å². The first-order chi connectivity index (χ1) is 12.2. The van der Waals surface area contributed by atoms with Crippen LogP contribution >= 0.6 is 0 Å². The van der Waals surface area contributed by atoms with Gasteiger partial charge in [-0.25, -0.2) is 14.8 Å². The molecule has 1 aliphatic rings. The molecule has 7 nitrogen and oxygen atoms in total. The minimum atomic E-state index is -0.524. The summed E-state index contributed by atoms with van der Waals surface area (Å²) in [6.07, 6.45) is 0. The van der Waals surface area contributed by atoms with E-state index < -0.39 is 5.97 Å². The van der Waals surface area contributed by atoms with Crippen LogP contribution in [0.4, 0.5) is 11.5 Å². The molecule has 3 aromatic rings. The van der Waals surface area contributed by atoms with E-state index in [0.29, 0.717) is 34.0 Å². The number of rotatable bonds is 4. The molecular formula is C18H15N3O4. The highest BCUT2D eigenvalue weighted by Crippen LogP contribution is 2.35.